The fourth-order valence-electron chi connectivity index (χ4n) is 4.68. The first-order chi connectivity index (χ1) is 19.8. The van der Waals surface area contributed by atoms with Gasteiger partial charge < -0.3 is 19.7 Å². The standard InChI is InChI=1S/C29H33N5O5S2/c1-20-7-9-23(10-8-20)41(36,37)32-22-6-4-5-21(19-22)28(35)30-13-14-33-15-17-34(18-16-33)29-31-26-25(40-29)12-11-24(38-2)27(26)39-3/h4-12,19,32H,13-18H2,1-3H3,(H,30,35). The molecule has 12 heteroatoms. The third-order valence-electron chi connectivity index (χ3n) is 6.96. The summed E-state index contributed by atoms with van der Waals surface area (Å²) < 4.78 is 40.0. The summed E-state index contributed by atoms with van der Waals surface area (Å²) in [6.07, 6.45) is 0. The highest BCUT2D eigenvalue weighted by molar-refractivity contribution is 7.92. The van der Waals surface area contributed by atoms with Gasteiger partial charge in [0, 0.05) is 50.5 Å². The van der Waals surface area contributed by atoms with Crippen LogP contribution in [0.4, 0.5) is 10.8 Å². The van der Waals surface area contributed by atoms with Crippen molar-refractivity contribution >= 4 is 48.3 Å². The number of sulfonamides is 1. The highest BCUT2D eigenvalue weighted by Gasteiger charge is 2.22. The van der Waals surface area contributed by atoms with Crippen LogP contribution in [-0.2, 0) is 10.0 Å². The molecule has 1 aromatic heterocycles. The van der Waals surface area contributed by atoms with Crippen LogP contribution in [0.5, 0.6) is 11.5 Å². The van der Waals surface area contributed by atoms with E-state index in [0.717, 1.165) is 47.1 Å². The molecule has 1 aliphatic heterocycles. The second kappa shape index (κ2) is 12.3. The Labute approximate surface area is 243 Å². The number of hydrogen-bond acceptors (Lipinski definition) is 9. The summed E-state index contributed by atoms with van der Waals surface area (Å²) in [7, 11) is -0.509. The summed E-state index contributed by atoms with van der Waals surface area (Å²) in [5, 5.41) is 3.91. The molecule has 0 atom stereocenters. The number of piperazine rings is 1. The molecule has 1 saturated heterocycles. The SMILES string of the molecule is COc1ccc2sc(N3CCN(CCNC(=O)c4cccc(NS(=O)(=O)c5ccc(C)cc5)c4)CC3)nc2c1OC. The average Bonchev–Trinajstić information content (AvgIpc) is 3.41. The Morgan fingerprint density at radius 1 is 1.00 bits per heavy atom. The highest BCUT2D eigenvalue weighted by atomic mass is 32.2. The molecule has 0 saturated carbocycles. The van der Waals surface area contributed by atoms with Gasteiger partial charge in [0.2, 0.25) is 0 Å². The lowest BCUT2D eigenvalue weighted by Crippen LogP contribution is -2.48. The predicted molar refractivity (Wildman–Crippen MR) is 162 cm³/mol. The molecule has 0 unspecified atom stereocenters. The van der Waals surface area contributed by atoms with E-state index in [2.05, 4.69) is 19.8 Å². The Morgan fingerprint density at radius 3 is 2.46 bits per heavy atom. The number of carbonyl (C=O) groups excluding carboxylic acids is 1. The fourth-order valence-corrected chi connectivity index (χ4v) is 6.75. The third kappa shape index (κ3) is 6.55. The number of methoxy groups -OCH3 is 2. The number of benzene rings is 3. The molecule has 0 aliphatic carbocycles. The quantitative estimate of drug-likeness (QED) is 0.283. The molecular weight excluding hydrogens is 562 g/mol. The second-order valence-corrected chi connectivity index (χ2v) is 12.4. The van der Waals surface area contributed by atoms with Crippen molar-refractivity contribution in [3.8, 4) is 11.5 Å². The largest absolute Gasteiger partial charge is 0.493 e. The van der Waals surface area contributed by atoms with Gasteiger partial charge in [0.25, 0.3) is 15.9 Å². The van der Waals surface area contributed by atoms with E-state index < -0.39 is 10.0 Å². The van der Waals surface area contributed by atoms with E-state index in [1.807, 2.05) is 19.1 Å². The molecule has 0 spiro atoms. The van der Waals surface area contributed by atoms with Gasteiger partial charge in [-0.3, -0.25) is 14.4 Å². The van der Waals surface area contributed by atoms with E-state index in [4.69, 9.17) is 14.5 Å². The lowest BCUT2D eigenvalue weighted by molar-refractivity contribution is 0.0948. The lowest BCUT2D eigenvalue weighted by Gasteiger charge is -2.34. The van der Waals surface area contributed by atoms with E-state index in [0.29, 0.717) is 35.8 Å². The van der Waals surface area contributed by atoms with E-state index in [1.54, 1.807) is 74.1 Å². The van der Waals surface area contributed by atoms with Crippen molar-refractivity contribution < 1.29 is 22.7 Å². The molecule has 1 amide bonds. The Hall–Kier alpha value is -3.87. The molecule has 5 rings (SSSR count). The number of aromatic nitrogens is 1. The molecule has 2 heterocycles. The van der Waals surface area contributed by atoms with E-state index in [-0.39, 0.29) is 10.8 Å². The predicted octanol–water partition coefficient (Wildman–Crippen LogP) is 3.97. The third-order valence-corrected chi connectivity index (χ3v) is 9.43. The van der Waals surface area contributed by atoms with Gasteiger partial charge in [-0.15, -0.1) is 0 Å². The van der Waals surface area contributed by atoms with Gasteiger partial charge in [-0.25, -0.2) is 13.4 Å². The normalized spacial score (nSPS) is 14.2. The summed E-state index contributed by atoms with van der Waals surface area (Å²) in [4.78, 5) is 22.4. The van der Waals surface area contributed by atoms with Gasteiger partial charge in [-0.2, -0.15) is 0 Å². The Balaban J connectivity index is 1.11. The average molecular weight is 596 g/mol. The number of nitrogens with one attached hydrogen (secondary N) is 2. The van der Waals surface area contributed by atoms with E-state index in [1.165, 1.54) is 0 Å². The van der Waals surface area contributed by atoms with Crippen molar-refractivity contribution in [2.45, 2.75) is 11.8 Å². The number of ether oxygens (including phenoxy) is 2. The van der Waals surface area contributed by atoms with Gasteiger partial charge in [0.15, 0.2) is 16.6 Å². The van der Waals surface area contributed by atoms with Crippen LogP contribution in [0.25, 0.3) is 10.2 Å². The number of amides is 1. The summed E-state index contributed by atoms with van der Waals surface area (Å²) in [6.45, 7) is 6.45. The Bertz CT molecular complexity index is 1630. The van der Waals surface area contributed by atoms with Crippen molar-refractivity contribution in [3.63, 3.8) is 0 Å². The maximum atomic E-state index is 12.8. The summed E-state index contributed by atoms with van der Waals surface area (Å²) >= 11 is 1.64. The summed E-state index contributed by atoms with van der Waals surface area (Å²) in [5.74, 6) is 1.06. The van der Waals surface area contributed by atoms with Crippen LogP contribution in [0.1, 0.15) is 15.9 Å². The van der Waals surface area contributed by atoms with Crippen LogP contribution in [0.2, 0.25) is 0 Å². The number of thiazole rings is 1. The zero-order valence-electron chi connectivity index (χ0n) is 23.2. The minimum Gasteiger partial charge on any atom is -0.493 e. The van der Waals surface area contributed by atoms with Gasteiger partial charge in [0.05, 0.1) is 23.8 Å². The zero-order chi connectivity index (χ0) is 29.0. The monoisotopic (exact) mass is 595 g/mol. The number of carbonyl (C=O) groups is 1. The molecule has 3 aromatic carbocycles. The number of fused-ring (bicyclic) bond motifs is 1. The van der Waals surface area contributed by atoms with E-state index >= 15 is 0 Å². The van der Waals surface area contributed by atoms with E-state index in [9.17, 15) is 13.2 Å². The van der Waals surface area contributed by atoms with Gasteiger partial charge >= 0.3 is 0 Å². The number of aryl methyl sites for hydroxylation is 1. The van der Waals surface area contributed by atoms with Gasteiger partial charge in [-0.05, 0) is 49.4 Å². The maximum absolute atomic E-state index is 12.8. The number of anilines is 2. The van der Waals surface area contributed by atoms with Crippen LogP contribution >= 0.6 is 11.3 Å². The second-order valence-electron chi connectivity index (χ2n) is 9.73. The van der Waals surface area contributed by atoms with Crippen molar-refractivity contribution in [3.05, 3.63) is 71.8 Å². The fraction of sp³-hybridized carbons (Fsp3) is 0.310. The summed E-state index contributed by atoms with van der Waals surface area (Å²) in [6, 6.07) is 17.0. The number of nitrogens with zero attached hydrogens (tertiary/aromatic N) is 3. The first-order valence-electron chi connectivity index (χ1n) is 13.2. The van der Waals surface area contributed by atoms with Crippen LogP contribution in [0.3, 0.4) is 0 Å². The molecule has 216 valence electrons. The molecule has 10 nitrogen and oxygen atoms in total. The molecule has 0 bridgehead atoms. The Kier molecular flexibility index (Phi) is 8.62. The summed E-state index contributed by atoms with van der Waals surface area (Å²) in [5.41, 5.74) is 2.51. The van der Waals surface area contributed by atoms with Gasteiger partial charge in [-0.1, -0.05) is 35.1 Å². The highest BCUT2D eigenvalue weighted by Crippen LogP contribution is 2.40. The Morgan fingerprint density at radius 2 is 1.76 bits per heavy atom. The van der Waals surface area contributed by atoms with Crippen molar-refractivity contribution in [1.29, 1.82) is 0 Å². The van der Waals surface area contributed by atoms with Crippen molar-refractivity contribution in [2.75, 3.05) is 63.1 Å². The zero-order valence-corrected chi connectivity index (χ0v) is 24.8. The molecule has 41 heavy (non-hydrogen) atoms. The minimum atomic E-state index is -3.75. The van der Waals surface area contributed by atoms with Gasteiger partial charge in [0.1, 0.15) is 5.52 Å². The number of hydrogen-bond donors (Lipinski definition) is 2. The molecule has 1 fully saturated rings. The topological polar surface area (TPSA) is 113 Å². The smallest absolute Gasteiger partial charge is 0.261 e. The molecule has 4 aromatic rings. The first kappa shape index (κ1) is 28.7. The first-order valence-corrected chi connectivity index (χ1v) is 15.5. The number of rotatable bonds is 10. The van der Waals surface area contributed by atoms with Crippen LogP contribution in [0.15, 0.2) is 65.6 Å². The maximum Gasteiger partial charge on any atom is 0.261 e. The molecule has 1 aliphatic rings. The molecule has 0 radical (unpaired) electrons. The van der Waals surface area contributed by atoms with Crippen molar-refractivity contribution in [2.24, 2.45) is 0 Å². The lowest BCUT2D eigenvalue weighted by atomic mass is 10.2. The minimum absolute atomic E-state index is 0.168. The molecular formula is C29H33N5O5S2. The molecule has 2 N–H and O–H groups in total. The van der Waals surface area contributed by atoms with Crippen molar-refractivity contribution in [1.82, 2.24) is 15.2 Å². The van der Waals surface area contributed by atoms with Crippen LogP contribution in [-0.4, -0.2) is 77.7 Å². The van der Waals surface area contributed by atoms with Crippen LogP contribution in [0, 0.1) is 6.92 Å². The van der Waals surface area contributed by atoms with Crippen LogP contribution < -0.4 is 24.4 Å².